The molecule has 0 radical (unpaired) electrons. The summed E-state index contributed by atoms with van der Waals surface area (Å²) < 4.78 is 15.6. The van der Waals surface area contributed by atoms with E-state index in [-0.39, 0.29) is 11.1 Å². The average molecular weight is 346 g/mol. The molecule has 0 saturated heterocycles. The van der Waals surface area contributed by atoms with Crippen LogP contribution in [0.4, 0.5) is 0 Å². The summed E-state index contributed by atoms with van der Waals surface area (Å²) in [4.78, 5) is 23.8. The molecule has 0 bridgehead atoms. The van der Waals surface area contributed by atoms with Crippen LogP contribution in [0.25, 0.3) is 0 Å². The highest BCUT2D eigenvalue weighted by molar-refractivity contribution is 6.16. The maximum absolute atomic E-state index is 12.0. The van der Waals surface area contributed by atoms with Crippen molar-refractivity contribution in [1.82, 2.24) is 0 Å². The molecule has 1 aliphatic rings. The van der Waals surface area contributed by atoms with E-state index in [9.17, 15) is 9.59 Å². The van der Waals surface area contributed by atoms with Gasteiger partial charge in [-0.3, -0.25) is 0 Å². The van der Waals surface area contributed by atoms with E-state index in [1.165, 1.54) is 12.7 Å². The minimum absolute atomic E-state index is 0.207. The zero-order chi connectivity index (χ0) is 18.6. The fourth-order valence-electron chi connectivity index (χ4n) is 3.07. The molecule has 0 fully saturated rings. The second kappa shape index (κ2) is 8.19. The average Bonchev–Trinajstić information content (AvgIpc) is 2.85. The first-order valence-corrected chi connectivity index (χ1v) is 8.56. The van der Waals surface area contributed by atoms with Crippen molar-refractivity contribution in [2.45, 2.75) is 46.5 Å². The molecule has 136 valence electrons. The van der Waals surface area contributed by atoms with E-state index < -0.39 is 11.9 Å². The van der Waals surface area contributed by atoms with Crippen LogP contribution in [0, 0.1) is 5.92 Å². The number of methoxy groups -OCH3 is 2. The molecule has 1 atom stereocenters. The highest BCUT2D eigenvalue weighted by atomic mass is 16.6. The third kappa shape index (κ3) is 4.21. The monoisotopic (exact) mass is 346 g/mol. The summed E-state index contributed by atoms with van der Waals surface area (Å²) in [6.07, 6.45) is 6.04. The summed E-state index contributed by atoms with van der Waals surface area (Å²) in [5.74, 6) is 0.155. The van der Waals surface area contributed by atoms with E-state index >= 15 is 0 Å². The molecular weight excluding hydrogens is 320 g/mol. The molecule has 1 aliphatic heterocycles. The van der Waals surface area contributed by atoms with E-state index in [1.807, 2.05) is 0 Å². The van der Waals surface area contributed by atoms with E-state index in [2.05, 4.69) is 26.8 Å². The Morgan fingerprint density at radius 2 is 1.88 bits per heavy atom. The largest absolute Gasteiger partial charge is 0.496 e. The second-order valence-corrected chi connectivity index (χ2v) is 6.69. The lowest BCUT2D eigenvalue weighted by molar-refractivity contribution is 0.0442. The zero-order valence-electron chi connectivity index (χ0n) is 15.6. The number of ether oxygens (including phenoxy) is 3. The van der Waals surface area contributed by atoms with Gasteiger partial charge in [0.25, 0.3) is 0 Å². The van der Waals surface area contributed by atoms with Crippen molar-refractivity contribution < 1.29 is 23.8 Å². The molecule has 1 heterocycles. The number of esters is 2. The number of carbonyl (C=O) groups excluding carboxylic acids is 2. The Morgan fingerprint density at radius 1 is 1.16 bits per heavy atom. The number of carbonyl (C=O) groups is 2. The maximum Gasteiger partial charge on any atom is 0.350 e. The fourth-order valence-corrected chi connectivity index (χ4v) is 3.07. The first-order chi connectivity index (χ1) is 11.9. The van der Waals surface area contributed by atoms with Gasteiger partial charge in [-0.2, -0.15) is 0 Å². The number of cyclic esters (lactones) is 2. The van der Waals surface area contributed by atoms with Gasteiger partial charge in [0.05, 0.1) is 19.8 Å². The summed E-state index contributed by atoms with van der Waals surface area (Å²) >= 11 is 0. The predicted molar refractivity (Wildman–Crippen MR) is 95.4 cm³/mol. The summed E-state index contributed by atoms with van der Waals surface area (Å²) in [6, 6.07) is 1.58. The Labute approximate surface area is 149 Å². The predicted octanol–water partition coefficient (Wildman–Crippen LogP) is 4.33. The van der Waals surface area contributed by atoms with Crippen molar-refractivity contribution in [3.63, 3.8) is 0 Å². The molecule has 0 saturated carbocycles. The molecule has 1 aromatic rings. The van der Waals surface area contributed by atoms with Crippen molar-refractivity contribution in [3.8, 4) is 11.5 Å². The highest BCUT2D eigenvalue weighted by Crippen LogP contribution is 2.40. The van der Waals surface area contributed by atoms with Gasteiger partial charge in [0.15, 0.2) is 0 Å². The van der Waals surface area contributed by atoms with Crippen LogP contribution in [0.1, 0.15) is 66.3 Å². The molecule has 0 aromatic heterocycles. The van der Waals surface area contributed by atoms with Crippen molar-refractivity contribution in [2.24, 2.45) is 5.92 Å². The topological polar surface area (TPSA) is 61.8 Å². The SMILES string of the molecule is COc1cc2c(c(OC)c1CCC(C)CCC=C(C)C)C(=O)OC2=O. The van der Waals surface area contributed by atoms with Crippen molar-refractivity contribution in [1.29, 1.82) is 0 Å². The van der Waals surface area contributed by atoms with Gasteiger partial charge in [0, 0.05) is 5.56 Å². The van der Waals surface area contributed by atoms with Gasteiger partial charge in [-0.05, 0) is 51.5 Å². The molecule has 5 nitrogen and oxygen atoms in total. The van der Waals surface area contributed by atoms with Crippen LogP contribution in [0.3, 0.4) is 0 Å². The van der Waals surface area contributed by atoms with Gasteiger partial charge in [-0.25, -0.2) is 9.59 Å². The molecule has 2 rings (SSSR count). The van der Waals surface area contributed by atoms with E-state index in [1.54, 1.807) is 13.2 Å². The summed E-state index contributed by atoms with van der Waals surface area (Å²) in [6.45, 7) is 6.42. The normalized spacial score (nSPS) is 14.0. The molecular formula is C20H26O5. The van der Waals surface area contributed by atoms with Crippen molar-refractivity contribution in [2.75, 3.05) is 14.2 Å². The lowest BCUT2D eigenvalue weighted by atomic mass is 9.93. The van der Waals surface area contributed by atoms with Crippen LogP contribution in [0.5, 0.6) is 11.5 Å². The lowest BCUT2D eigenvalue weighted by Crippen LogP contribution is -2.06. The molecule has 1 unspecified atom stereocenters. The minimum Gasteiger partial charge on any atom is -0.496 e. The summed E-state index contributed by atoms with van der Waals surface area (Å²) in [5.41, 5.74) is 2.56. The number of fused-ring (bicyclic) bond motifs is 1. The van der Waals surface area contributed by atoms with Crippen molar-refractivity contribution in [3.05, 3.63) is 34.4 Å². The highest BCUT2D eigenvalue weighted by Gasteiger charge is 2.36. The number of allylic oxidation sites excluding steroid dienone is 2. The first-order valence-electron chi connectivity index (χ1n) is 8.56. The third-order valence-corrected chi connectivity index (χ3v) is 4.48. The number of hydrogen-bond acceptors (Lipinski definition) is 5. The summed E-state index contributed by atoms with van der Waals surface area (Å²) in [5, 5.41) is 0. The van der Waals surface area contributed by atoms with Gasteiger partial charge in [0.2, 0.25) is 0 Å². The fraction of sp³-hybridized carbons (Fsp3) is 0.500. The molecule has 0 amide bonds. The van der Waals surface area contributed by atoms with Gasteiger partial charge in [0.1, 0.15) is 17.1 Å². The first kappa shape index (κ1) is 19.0. The standard InChI is InChI=1S/C20H26O5/c1-12(2)7-6-8-13(3)9-10-14-16(23-4)11-15-17(18(14)24-5)20(22)25-19(15)21/h7,11,13H,6,8-10H2,1-5H3. The molecule has 0 aliphatic carbocycles. The van der Waals surface area contributed by atoms with Crippen molar-refractivity contribution >= 4 is 11.9 Å². The quantitative estimate of drug-likeness (QED) is 0.398. The van der Waals surface area contributed by atoms with E-state index in [0.29, 0.717) is 23.8 Å². The zero-order valence-corrected chi connectivity index (χ0v) is 15.6. The Kier molecular flexibility index (Phi) is 6.23. The number of rotatable bonds is 8. The second-order valence-electron chi connectivity index (χ2n) is 6.69. The minimum atomic E-state index is -0.655. The van der Waals surface area contributed by atoms with Crippen LogP contribution in [-0.4, -0.2) is 26.2 Å². The molecule has 1 aromatic carbocycles. The van der Waals surface area contributed by atoms with Crippen LogP contribution < -0.4 is 9.47 Å². The molecule has 0 N–H and O–H groups in total. The van der Waals surface area contributed by atoms with Crippen LogP contribution in [0.15, 0.2) is 17.7 Å². The molecule has 25 heavy (non-hydrogen) atoms. The van der Waals surface area contributed by atoms with Crippen LogP contribution in [0.2, 0.25) is 0 Å². The number of hydrogen-bond donors (Lipinski definition) is 0. The Balaban J connectivity index is 2.23. The van der Waals surface area contributed by atoms with E-state index in [0.717, 1.165) is 24.8 Å². The van der Waals surface area contributed by atoms with E-state index in [4.69, 9.17) is 14.2 Å². The lowest BCUT2D eigenvalue weighted by Gasteiger charge is -2.17. The van der Waals surface area contributed by atoms with Gasteiger partial charge in [-0.1, -0.05) is 18.6 Å². The Bertz CT molecular complexity index is 699. The van der Waals surface area contributed by atoms with Gasteiger partial charge in [-0.15, -0.1) is 0 Å². The number of benzene rings is 1. The van der Waals surface area contributed by atoms with Gasteiger partial charge >= 0.3 is 11.9 Å². The molecule has 5 heteroatoms. The van der Waals surface area contributed by atoms with Crippen LogP contribution >= 0.6 is 0 Å². The molecule has 0 spiro atoms. The maximum atomic E-state index is 12.0. The summed E-state index contributed by atoms with van der Waals surface area (Å²) in [7, 11) is 3.04. The smallest absolute Gasteiger partial charge is 0.350 e. The third-order valence-electron chi connectivity index (χ3n) is 4.48. The Morgan fingerprint density at radius 3 is 2.48 bits per heavy atom. The van der Waals surface area contributed by atoms with Gasteiger partial charge < -0.3 is 14.2 Å². The van der Waals surface area contributed by atoms with Crippen LogP contribution in [-0.2, 0) is 11.2 Å². The Hall–Kier alpha value is -2.30.